The number of hydrogen-bond acceptors (Lipinski definition) is 2. The van der Waals surface area contributed by atoms with E-state index >= 15 is 0 Å². The summed E-state index contributed by atoms with van der Waals surface area (Å²) in [6.07, 6.45) is 2.25. The van der Waals surface area contributed by atoms with Gasteiger partial charge in [0.2, 0.25) is 0 Å². The monoisotopic (exact) mass is 787 g/mol. The predicted molar refractivity (Wildman–Crippen MR) is 263 cm³/mol. The summed E-state index contributed by atoms with van der Waals surface area (Å²) in [7, 11) is 0. The van der Waals surface area contributed by atoms with Crippen LogP contribution in [0.25, 0.3) is 103 Å². The number of rotatable bonds is 4. The zero-order valence-corrected chi connectivity index (χ0v) is 33.8. The molecule has 0 radical (unpaired) electrons. The van der Waals surface area contributed by atoms with Crippen LogP contribution in [0.2, 0.25) is 0 Å². The Kier molecular flexibility index (Phi) is 7.55. The van der Waals surface area contributed by atoms with Crippen molar-refractivity contribution in [2.24, 2.45) is 4.99 Å². The van der Waals surface area contributed by atoms with Gasteiger partial charge in [-0.3, -0.25) is 4.99 Å². The van der Waals surface area contributed by atoms with Gasteiger partial charge >= 0.3 is 0 Å². The molecule has 2 heteroatoms. The Hall–Kier alpha value is -8.07. The Morgan fingerprint density at radius 3 is 1.61 bits per heavy atom. The fourth-order valence-electron chi connectivity index (χ4n) is 10.0. The molecule has 0 N–H and O–H groups in total. The molecule has 1 aromatic heterocycles. The highest BCUT2D eigenvalue weighted by Gasteiger charge is 2.29. The van der Waals surface area contributed by atoms with Gasteiger partial charge in [0, 0.05) is 16.3 Å². The first kappa shape index (κ1) is 34.8. The minimum Gasteiger partial charge on any atom is -0.456 e. The zero-order valence-electron chi connectivity index (χ0n) is 33.8. The van der Waals surface area contributed by atoms with Crippen molar-refractivity contribution >= 4 is 97.9 Å². The first-order chi connectivity index (χ1) is 30.6. The van der Waals surface area contributed by atoms with E-state index in [0.717, 1.165) is 66.6 Å². The molecule has 1 unspecified atom stereocenters. The minimum absolute atomic E-state index is 0.418. The van der Waals surface area contributed by atoms with E-state index in [0.29, 0.717) is 0 Å². The number of hydrogen-bond donors (Lipinski definition) is 0. The Morgan fingerprint density at radius 2 is 0.919 bits per heavy atom. The second kappa shape index (κ2) is 13.5. The third-order valence-corrected chi connectivity index (χ3v) is 13.1. The average molecular weight is 788 g/mol. The van der Waals surface area contributed by atoms with Crippen LogP contribution < -0.4 is 0 Å². The van der Waals surface area contributed by atoms with Crippen LogP contribution in [-0.4, -0.2) is 5.71 Å². The predicted octanol–water partition coefficient (Wildman–Crippen LogP) is 16.4. The second-order valence-electron chi connectivity index (χ2n) is 16.7. The molecule has 0 aliphatic carbocycles. The number of benzene rings is 11. The lowest BCUT2D eigenvalue weighted by Gasteiger charge is -2.27. The van der Waals surface area contributed by atoms with Crippen molar-refractivity contribution in [1.29, 1.82) is 0 Å². The van der Waals surface area contributed by atoms with Crippen LogP contribution in [0.3, 0.4) is 0 Å². The van der Waals surface area contributed by atoms with Crippen molar-refractivity contribution in [3.8, 4) is 11.1 Å². The number of nitrogens with zero attached hydrogens (tertiary/aromatic N) is 1. The molecule has 0 amide bonds. The van der Waals surface area contributed by atoms with Gasteiger partial charge in [-0.1, -0.05) is 146 Å². The standard InChI is InChI=1S/C60H37NO/c1-36-49(45-24-22-37-12-2-4-14-39(37)26-45)34-57(46-25-23-38-13-3-5-15-40(38)27-46)61-60(36)56-35-59-55(48-20-10-11-21-58(48)62-59)33-54(56)53-32-47-28-41-16-6-7-17-42(41)29-50(47)51-30-43-18-8-9-19-44(43)31-52(51)53/h2-35,60H,1H2. The molecule has 62 heavy (non-hydrogen) atoms. The molecule has 12 aromatic rings. The van der Waals surface area contributed by atoms with Gasteiger partial charge in [0.1, 0.15) is 17.2 Å². The van der Waals surface area contributed by atoms with Crippen LogP contribution in [0.1, 0.15) is 22.7 Å². The lowest BCUT2D eigenvalue weighted by molar-refractivity contribution is 0.667. The molecule has 2 nitrogen and oxygen atoms in total. The number of aliphatic imine (C=N–C) groups is 1. The highest BCUT2D eigenvalue weighted by Crippen LogP contribution is 2.48. The number of fused-ring (bicyclic) bond motifs is 10. The topological polar surface area (TPSA) is 25.5 Å². The summed E-state index contributed by atoms with van der Waals surface area (Å²) in [5.41, 5.74) is 10.2. The lowest BCUT2D eigenvalue weighted by atomic mass is 9.81. The van der Waals surface area contributed by atoms with Gasteiger partial charge in [0.05, 0.1) is 5.71 Å². The first-order valence-corrected chi connectivity index (χ1v) is 21.3. The van der Waals surface area contributed by atoms with Crippen molar-refractivity contribution < 1.29 is 4.42 Å². The molecule has 1 aliphatic heterocycles. The zero-order chi connectivity index (χ0) is 40.9. The molecule has 13 rings (SSSR count). The van der Waals surface area contributed by atoms with E-state index in [-0.39, 0.29) is 0 Å². The average Bonchev–Trinajstić information content (AvgIpc) is 3.69. The SMILES string of the molecule is C=C1C(c2ccc3ccccc3c2)=CC(c2ccc3ccccc3c2)=NC1c1cc2oc3ccccc3c2cc1-c1cc2cc3ccccc3cc2c2cc3ccccc3cc12. The number of para-hydroxylation sites is 1. The van der Waals surface area contributed by atoms with Crippen molar-refractivity contribution in [3.05, 3.63) is 235 Å². The van der Waals surface area contributed by atoms with E-state index in [1.807, 2.05) is 6.07 Å². The van der Waals surface area contributed by atoms with Crippen molar-refractivity contribution in [3.63, 3.8) is 0 Å². The van der Waals surface area contributed by atoms with Gasteiger partial charge in [-0.25, -0.2) is 0 Å². The van der Waals surface area contributed by atoms with Crippen LogP contribution in [-0.2, 0) is 0 Å². The van der Waals surface area contributed by atoms with E-state index in [4.69, 9.17) is 16.0 Å². The summed E-state index contributed by atoms with van der Waals surface area (Å²) >= 11 is 0. The Bertz CT molecular complexity index is 3950. The third kappa shape index (κ3) is 5.47. The Labute approximate surface area is 358 Å². The van der Waals surface area contributed by atoms with Crippen LogP contribution in [0.4, 0.5) is 0 Å². The maximum atomic E-state index is 6.70. The van der Waals surface area contributed by atoms with E-state index in [1.54, 1.807) is 0 Å². The van der Waals surface area contributed by atoms with Gasteiger partial charge in [0.25, 0.3) is 0 Å². The van der Waals surface area contributed by atoms with E-state index in [1.165, 1.54) is 64.6 Å². The summed E-state index contributed by atoms with van der Waals surface area (Å²) in [6, 6.07) is 72.4. The number of allylic oxidation sites excluding steroid dienone is 1. The molecule has 1 atom stereocenters. The summed E-state index contributed by atoms with van der Waals surface area (Å²) < 4.78 is 6.70. The summed E-state index contributed by atoms with van der Waals surface area (Å²) in [5, 5.41) is 16.7. The molecule has 0 spiro atoms. The minimum atomic E-state index is -0.418. The maximum absolute atomic E-state index is 6.70. The van der Waals surface area contributed by atoms with Crippen LogP contribution in [0, 0.1) is 0 Å². The van der Waals surface area contributed by atoms with E-state index in [2.05, 4.69) is 200 Å². The smallest absolute Gasteiger partial charge is 0.135 e. The quantitative estimate of drug-likeness (QED) is 0.129. The van der Waals surface area contributed by atoms with Crippen LogP contribution in [0.15, 0.2) is 228 Å². The lowest BCUT2D eigenvalue weighted by Crippen LogP contribution is -2.13. The third-order valence-electron chi connectivity index (χ3n) is 13.1. The Morgan fingerprint density at radius 1 is 0.371 bits per heavy atom. The largest absolute Gasteiger partial charge is 0.456 e. The van der Waals surface area contributed by atoms with Gasteiger partial charge in [-0.05, 0) is 165 Å². The molecule has 11 aromatic carbocycles. The summed E-state index contributed by atoms with van der Waals surface area (Å²) in [5.74, 6) is 0. The first-order valence-electron chi connectivity index (χ1n) is 21.3. The van der Waals surface area contributed by atoms with Crippen molar-refractivity contribution in [1.82, 2.24) is 0 Å². The maximum Gasteiger partial charge on any atom is 0.135 e. The Balaban J connectivity index is 1.12. The van der Waals surface area contributed by atoms with Gasteiger partial charge < -0.3 is 4.42 Å². The van der Waals surface area contributed by atoms with Gasteiger partial charge in [-0.15, -0.1) is 0 Å². The summed E-state index contributed by atoms with van der Waals surface area (Å²) in [6.45, 7) is 4.93. The molecule has 1 aliphatic rings. The fourth-order valence-corrected chi connectivity index (χ4v) is 10.0. The molecule has 0 saturated carbocycles. The molecule has 0 fully saturated rings. The van der Waals surface area contributed by atoms with Crippen molar-refractivity contribution in [2.75, 3.05) is 0 Å². The fraction of sp³-hybridized carbons (Fsp3) is 0.0167. The van der Waals surface area contributed by atoms with E-state index in [9.17, 15) is 0 Å². The highest BCUT2D eigenvalue weighted by molar-refractivity contribution is 6.21. The van der Waals surface area contributed by atoms with Gasteiger partial charge in [-0.2, -0.15) is 0 Å². The summed E-state index contributed by atoms with van der Waals surface area (Å²) in [4.78, 5) is 5.73. The number of dihydropyridines is 1. The number of furan rings is 1. The van der Waals surface area contributed by atoms with Crippen molar-refractivity contribution in [2.45, 2.75) is 6.04 Å². The van der Waals surface area contributed by atoms with Crippen LogP contribution in [0.5, 0.6) is 0 Å². The molecule has 2 heterocycles. The van der Waals surface area contributed by atoms with Crippen LogP contribution >= 0.6 is 0 Å². The molecule has 0 saturated heterocycles. The molecular formula is C60H37NO. The normalized spacial score (nSPS) is 14.5. The second-order valence-corrected chi connectivity index (χ2v) is 16.7. The molecule has 288 valence electrons. The molecular weight excluding hydrogens is 751 g/mol. The highest BCUT2D eigenvalue weighted by atomic mass is 16.3. The van der Waals surface area contributed by atoms with Gasteiger partial charge in [0.15, 0.2) is 0 Å². The molecule has 0 bridgehead atoms. The van der Waals surface area contributed by atoms with E-state index < -0.39 is 6.04 Å².